The fourth-order valence-electron chi connectivity index (χ4n) is 1.67. The normalized spacial score (nSPS) is 10.6. The summed E-state index contributed by atoms with van der Waals surface area (Å²) in [4.78, 5) is 11.4. The summed E-state index contributed by atoms with van der Waals surface area (Å²) < 4.78 is 1.87. The van der Waals surface area contributed by atoms with Crippen LogP contribution in [0.15, 0.2) is 29.4 Å². The number of hydrogen-bond donors (Lipinski definition) is 1. The van der Waals surface area contributed by atoms with Gasteiger partial charge in [-0.3, -0.25) is 4.79 Å². The lowest BCUT2D eigenvalue weighted by Gasteiger charge is -2.04. The topological polar surface area (TPSA) is 59.8 Å². The van der Waals surface area contributed by atoms with Crippen molar-refractivity contribution < 1.29 is 4.79 Å². The Balaban J connectivity index is 2.11. The summed E-state index contributed by atoms with van der Waals surface area (Å²) in [5, 5.41) is 12.4. The predicted molar refractivity (Wildman–Crippen MR) is 80.9 cm³/mol. The van der Waals surface area contributed by atoms with Gasteiger partial charge >= 0.3 is 0 Å². The van der Waals surface area contributed by atoms with E-state index in [2.05, 4.69) is 15.5 Å². The molecule has 0 aliphatic heterocycles. The first-order valence-corrected chi connectivity index (χ1v) is 7.53. The Labute approximate surface area is 126 Å². The molecular formula is C13H15ClN4OS. The van der Waals surface area contributed by atoms with Crippen molar-refractivity contribution in [3.8, 4) is 11.4 Å². The molecule has 1 amide bonds. The second kappa shape index (κ2) is 6.76. The van der Waals surface area contributed by atoms with E-state index in [-0.39, 0.29) is 5.91 Å². The molecule has 1 aromatic carbocycles. The fourth-order valence-corrected chi connectivity index (χ4v) is 2.54. The number of halogens is 1. The molecule has 0 spiro atoms. The predicted octanol–water partition coefficient (Wildman–Crippen LogP) is 2.36. The van der Waals surface area contributed by atoms with Crippen molar-refractivity contribution in [2.75, 3.05) is 12.3 Å². The summed E-state index contributed by atoms with van der Waals surface area (Å²) in [5.41, 5.74) is 0.939. The Morgan fingerprint density at radius 1 is 1.35 bits per heavy atom. The maximum Gasteiger partial charge on any atom is 0.230 e. The Kier molecular flexibility index (Phi) is 5.03. The second-order valence-corrected chi connectivity index (χ2v) is 5.49. The average Bonchev–Trinajstić information content (AvgIpc) is 2.79. The molecule has 1 aromatic heterocycles. The standard InChI is InChI=1S/C13H15ClN4OS/c1-3-15-11(19)8-20-13-17-16-12(18(13)2)9-4-6-10(14)7-5-9/h4-7H,3,8H2,1-2H3,(H,15,19). The molecular weight excluding hydrogens is 296 g/mol. The van der Waals surface area contributed by atoms with Gasteiger partial charge in [0.25, 0.3) is 0 Å². The van der Waals surface area contributed by atoms with Crippen LogP contribution in [0.3, 0.4) is 0 Å². The quantitative estimate of drug-likeness (QED) is 0.861. The zero-order valence-corrected chi connectivity index (χ0v) is 12.8. The molecule has 0 atom stereocenters. The van der Waals surface area contributed by atoms with Crippen molar-refractivity contribution in [2.45, 2.75) is 12.1 Å². The number of rotatable bonds is 5. The lowest BCUT2D eigenvalue weighted by Crippen LogP contribution is -2.24. The van der Waals surface area contributed by atoms with E-state index in [0.29, 0.717) is 22.5 Å². The van der Waals surface area contributed by atoms with Gasteiger partial charge in [0.15, 0.2) is 11.0 Å². The van der Waals surface area contributed by atoms with Crippen LogP contribution in [0, 0.1) is 0 Å². The molecule has 0 saturated carbocycles. The molecule has 20 heavy (non-hydrogen) atoms. The Morgan fingerprint density at radius 2 is 2.05 bits per heavy atom. The monoisotopic (exact) mass is 310 g/mol. The van der Waals surface area contributed by atoms with Gasteiger partial charge in [-0.15, -0.1) is 10.2 Å². The summed E-state index contributed by atoms with van der Waals surface area (Å²) in [6.07, 6.45) is 0. The Bertz CT molecular complexity index is 597. The van der Waals surface area contributed by atoms with Gasteiger partial charge in [0, 0.05) is 24.2 Å². The number of thioether (sulfide) groups is 1. The summed E-state index contributed by atoms with van der Waals surface area (Å²) in [6.45, 7) is 2.53. The third-order valence-electron chi connectivity index (χ3n) is 2.64. The van der Waals surface area contributed by atoms with E-state index in [0.717, 1.165) is 11.4 Å². The van der Waals surface area contributed by atoms with Gasteiger partial charge in [-0.2, -0.15) is 0 Å². The fraction of sp³-hybridized carbons (Fsp3) is 0.308. The van der Waals surface area contributed by atoms with Crippen molar-refractivity contribution in [3.63, 3.8) is 0 Å². The second-order valence-electron chi connectivity index (χ2n) is 4.11. The number of carbonyl (C=O) groups is 1. The van der Waals surface area contributed by atoms with E-state index in [1.165, 1.54) is 11.8 Å². The van der Waals surface area contributed by atoms with Crippen LogP contribution in [-0.2, 0) is 11.8 Å². The first-order chi connectivity index (χ1) is 9.61. The van der Waals surface area contributed by atoms with Crippen molar-refractivity contribution in [3.05, 3.63) is 29.3 Å². The minimum atomic E-state index is -0.00598. The molecule has 2 rings (SSSR count). The van der Waals surface area contributed by atoms with Crippen molar-refractivity contribution in [1.82, 2.24) is 20.1 Å². The first kappa shape index (κ1) is 14.9. The third-order valence-corrected chi connectivity index (χ3v) is 3.92. The molecule has 0 radical (unpaired) electrons. The van der Waals surface area contributed by atoms with Crippen LogP contribution in [0.25, 0.3) is 11.4 Å². The number of nitrogens with zero attached hydrogens (tertiary/aromatic N) is 3. The van der Waals surface area contributed by atoms with Crippen LogP contribution in [0.4, 0.5) is 0 Å². The number of hydrogen-bond acceptors (Lipinski definition) is 4. The summed E-state index contributed by atoms with van der Waals surface area (Å²) in [6, 6.07) is 7.41. The number of carbonyl (C=O) groups excluding carboxylic acids is 1. The van der Waals surface area contributed by atoms with E-state index < -0.39 is 0 Å². The van der Waals surface area contributed by atoms with Crippen LogP contribution >= 0.6 is 23.4 Å². The van der Waals surface area contributed by atoms with Gasteiger partial charge < -0.3 is 9.88 Å². The highest BCUT2D eigenvalue weighted by Gasteiger charge is 2.12. The van der Waals surface area contributed by atoms with Crippen LogP contribution in [-0.4, -0.2) is 33.0 Å². The molecule has 0 aliphatic carbocycles. The highest BCUT2D eigenvalue weighted by molar-refractivity contribution is 7.99. The van der Waals surface area contributed by atoms with Crippen LogP contribution < -0.4 is 5.32 Å². The van der Waals surface area contributed by atoms with Gasteiger partial charge in [-0.25, -0.2) is 0 Å². The molecule has 1 heterocycles. The molecule has 0 aliphatic rings. The largest absolute Gasteiger partial charge is 0.356 e. The minimum absolute atomic E-state index is 0.00598. The maximum atomic E-state index is 11.4. The van der Waals surface area contributed by atoms with E-state index in [9.17, 15) is 4.79 Å². The summed E-state index contributed by atoms with van der Waals surface area (Å²) >= 11 is 7.23. The average molecular weight is 311 g/mol. The van der Waals surface area contributed by atoms with Gasteiger partial charge in [-0.1, -0.05) is 23.4 Å². The van der Waals surface area contributed by atoms with Crippen LogP contribution in [0.1, 0.15) is 6.92 Å². The maximum absolute atomic E-state index is 11.4. The van der Waals surface area contributed by atoms with Gasteiger partial charge in [0.2, 0.25) is 5.91 Å². The van der Waals surface area contributed by atoms with Crippen molar-refractivity contribution in [1.29, 1.82) is 0 Å². The van der Waals surface area contributed by atoms with Gasteiger partial charge in [0.1, 0.15) is 0 Å². The highest BCUT2D eigenvalue weighted by Crippen LogP contribution is 2.23. The number of amides is 1. The minimum Gasteiger partial charge on any atom is -0.356 e. The lowest BCUT2D eigenvalue weighted by atomic mass is 10.2. The van der Waals surface area contributed by atoms with Crippen molar-refractivity contribution >= 4 is 29.3 Å². The SMILES string of the molecule is CCNC(=O)CSc1nnc(-c2ccc(Cl)cc2)n1C. The smallest absolute Gasteiger partial charge is 0.230 e. The zero-order valence-electron chi connectivity index (χ0n) is 11.3. The van der Waals surface area contributed by atoms with Gasteiger partial charge in [0.05, 0.1) is 5.75 Å². The first-order valence-electron chi connectivity index (χ1n) is 6.16. The van der Waals surface area contributed by atoms with Gasteiger partial charge in [-0.05, 0) is 31.2 Å². The number of benzene rings is 1. The van der Waals surface area contributed by atoms with Crippen molar-refractivity contribution in [2.24, 2.45) is 7.05 Å². The van der Waals surface area contributed by atoms with E-state index in [1.54, 1.807) is 0 Å². The third kappa shape index (κ3) is 3.52. The van der Waals surface area contributed by atoms with Crippen LogP contribution in [0.5, 0.6) is 0 Å². The van der Waals surface area contributed by atoms with E-state index in [4.69, 9.17) is 11.6 Å². The molecule has 7 heteroatoms. The Hall–Kier alpha value is -1.53. The summed E-state index contributed by atoms with van der Waals surface area (Å²) in [7, 11) is 1.88. The molecule has 0 bridgehead atoms. The van der Waals surface area contributed by atoms with Crippen LogP contribution in [0.2, 0.25) is 5.02 Å². The number of nitrogens with one attached hydrogen (secondary N) is 1. The summed E-state index contributed by atoms with van der Waals surface area (Å²) in [5.74, 6) is 1.08. The molecule has 0 unspecified atom stereocenters. The molecule has 0 saturated heterocycles. The Morgan fingerprint density at radius 3 is 2.70 bits per heavy atom. The molecule has 0 fully saturated rings. The molecule has 106 valence electrons. The van der Waals surface area contributed by atoms with E-state index in [1.807, 2.05) is 42.8 Å². The lowest BCUT2D eigenvalue weighted by molar-refractivity contribution is -0.118. The highest BCUT2D eigenvalue weighted by atomic mass is 35.5. The van der Waals surface area contributed by atoms with E-state index >= 15 is 0 Å². The number of aromatic nitrogens is 3. The molecule has 1 N–H and O–H groups in total. The molecule has 5 nitrogen and oxygen atoms in total. The zero-order chi connectivity index (χ0) is 14.5. The molecule has 2 aromatic rings.